The maximum absolute atomic E-state index is 10.2. The van der Waals surface area contributed by atoms with Crippen LogP contribution in [0.25, 0.3) is 21.5 Å². The van der Waals surface area contributed by atoms with Gasteiger partial charge in [-0.25, -0.2) is 9.97 Å². The summed E-state index contributed by atoms with van der Waals surface area (Å²) in [5.74, 6) is 0.326. The monoisotopic (exact) mass is 417 g/mol. The molecule has 1 fully saturated rings. The van der Waals surface area contributed by atoms with Crippen molar-refractivity contribution >= 4 is 39.4 Å². The smallest absolute Gasteiger partial charge is 0.164 e. The van der Waals surface area contributed by atoms with Crippen LogP contribution in [0, 0.1) is 3.57 Å². The van der Waals surface area contributed by atoms with Gasteiger partial charge in [0.15, 0.2) is 6.23 Å². The summed E-state index contributed by atoms with van der Waals surface area (Å²) in [5.41, 5.74) is 14.7. The van der Waals surface area contributed by atoms with Crippen molar-refractivity contribution in [3.8, 4) is 0 Å². The molecular weight excluding hydrogens is 405 g/mol. The lowest BCUT2D eigenvalue weighted by molar-refractivity contribution is -0.0319. The number of nitrogens with zero attached hydrogens (tertiary/aromatic N) is 6. The Balaban J connectivity index is 2.01. The summed E-state index contributed by atoms with van der Waals surface area (Å²) in [6, 6.07) is 0. The number of halogens is 1. The van der Waals surface area contributed by atoms with Crippen molar-refractivity contribution in [2.45, 2.75) is 24.5 Å². The number of anilines is 1. The van der Waals surface area contributed by atoms with Gasteiger partial charge in [-0.05, 0) is 28.1 Å². The van der Waals surface area contributed by atoms with Gasteiger partial charge in [0.1, 0.15) is 30.0 Å². The number of azide groups is 1. The van der Waals surface area contributed by atoms with Gasteiger partial charge in [-0.2, -0.15) is 0 Å². The van der Waals surface area contributed by atoms with E-state index in [1.165, 1.54) is 6.33 Å². The van der Waals surface area contributed by atoms with Gasteiger partial charge in [0.25, 0.3) is 0 Å². The van der Waals surface area contributed by atoms with Crippen LogP contribution < -0.4 is 5.73 Å². The second kappa shape index (κ2) is 5.85. The first-order valence-corrected chi connectivity index (χ1v) is 7.41. The molecule has 3 rings (SSSR count). The fourth-order valence-electron chi connectivity index (χ4n) is 2.48. The summed E-state index contributed by atoms with van der Waals surface area (Å²) in [7, 11) is 0. The van der Waals surface area contributed by atoms with E-state index in [0.29, 0.717) is 16.9 Å². The van der Waals surface area contributed by atoms with Gasteiger partial charge in [0, 0.05) is 14.7 Å². The molecule has 0 spiro atoms. The molecule has 11 heteroatoms. The highest BCUT2D eigenvalue weighted by atomic mass is 127. The highest BCUT2D eigenvalue weighted by Crippen LogP contribution is 2.35. The van der Waals surface area contributed by atoms with Gasteiger partial charge >= 0.3 is 0 Å². The van der Waals surface area contributed by atoms with E-state index in [4.69, 9.17) is 16.0 Å². The van der Waals surface area contributed by atoms with E-state index in [0.717, 1.165) is 3.57 Å². The first-order valence-electron chi connectivity index (χ1n) is 6.33. The molecule has 0 amide bonds. The van der Waals surface area contributed by atoms with E-state index < -0.39 is 24.5 Å². The van der Waals surface area contributed by atoms with Gasteiger partial charge in [-0.15, -0.1) is 0 Å². The molecule has 0 aliphatic carbocycles. The third kappa shape index (κ3) is 2.36. The third-order valence-corrected chi connectivity index (χ3v) is 4.35. The minimum atomic E-state index is -1.18. The molecule has 22 heavy (non-hydrogen) atoms. The Labute approximate surface area is 137 Å². The summed E-state index contributed by atoms with van der Waals surface area (Å²) >= 11 is 2.08. The van der Waals surface area contributed by atoms with Gasteiger partial charge < -0.3 is 25.3 Å². The Hall–Kier alpha value is -1.66. The lowest BCUT2D eigenvalue weighted by Gasteiger charge is -2.17. The predicted molar refractivity (Wildman–Crippen MR) is 84.6 cm³/mol. The quantitative estimate of drug-likeness (QED) is 0.287. The van der Waals surface area contributed by atoms with Gasteiger partial charge in [-0.1, -0.05) is 5.11 Å². The van der Waals surface area contributed by atoms with E-state index in [2.05, 4.69) is 42.6 Å². The molecule has 2 aromatic heterocycles. The Morgan fingerprint density at radius 3 is 2.95 bits per heavy atom. The molecule has 0 aromatic carbocycles. The van der Waals surface area contributed by atoms with E-state index >= 15 is 0 Å². The number of hydrogen-bond donors (Lipinski definition) is 3. The van der Waals surface area contributed by atoms with Crippen LogP contribution in [0.2, 0.25) is 0 Å². The van der Waals surface area contributed by atoms with Crippen LogP contribution in [-0.2, 0) is 4.74 Å². The number of aliphatic hydroxyl groups is 2. The van der Waals surface area contributed by atoms with E-state index in [1.54, 1.807) is 10.8 Å². The summed E-state index contributed by atoms with van der Waals surface area (Å²) in [5, 5.41) is 24.3. The maximum Gasteiger partial charge on any atom is 0.164 e. The molecule has 3 heterocycles. The van der Waals surface area contributed by atoms with Crippen LogP contribution in [0.5, 0.6) is 0 Å². The zero-order chi connectivity index (χ0) is 15.9. The predicted octanol–water partition coefficient (Wildman–Crippen LogP) is 0.548. The third-order valence-electron chi connectivity index (χ3n) is 3.53. The minimum Gasteiger partial charge on any atom is -0.388 e. The van der Waals surface area contributed by atoms with E-state index in [1.807, 2.05) is 0 Å². The van der Waals surface area contributed by atoms with Crippen LogP contribution >= 0.6 is 22.6 Å². The fourth-order valence-corrected chi connectivity index (χ4v) is 3.30. The van der Waals surface area contributed by atoms with Crippen molar-refractivity contribution in [1.29, 1.82) is 0 Å². The number of nitrogens with two attached hydrogens (primary N) is 1. The van der Waals surface area contributed by atoms with Gasteiger partial charge in [-0.3, -0.25) is 0 Å². The SMILES string of the molecule is [N-]=[N+]=NC[C@H]1OC(n2cc(I)c3c(N)ncnc32)[C@H](O)[C@@H]1O. The van der Waals surface area contributed by atoms with Crippen molar-refractivity contribution in [2.24, 2.45) is 5.11 Å². The first kappa shape index (κ1) is 15.2. The molecule has 10 nitrogen and oxygen atoms in total. The average Bonchev–Trinajstić information content (AvgIpc) is 2.97. The van der Waals surface area contributed by atoms with Crippen molar-refractivity contribution in [3.63, 3.8) is 0 Å². The largest absolute Gasteiger partial charge is 0.388 e. The first-order chi connectivity index (χ1) is 10.5. The summed E-state index contributed by atoms with van der Waals surface area (Å²) in [6.45, 7) is -0.0708. The summed E-state index contributed by atoms with van der Waals surface area (Å²) < 4.78 is 8.03. The topological polar surface area (TPSA) is 155 Å². The molecule has 4 N–H and O–H groups in total. The second-order valence-corrected chi connectivity index (χ2v) is 5.96. The standard InChI is InChI=1S/C11H12IN7O3/c12-4-2-19(10-6(4)9(13)15-3-16-10)11-8(21)7(20)5(22-11)1-17-18-14/h2-3,5,7-8,11,20-21H,1H2,(H2,13,15,16)/t5-,7-,8-,11?/m1/s1. The summed E-state index contributed by atoms with van der Waals surface area (Å²) in [6.07, 6.45) is -0.947. The fraction of sp³-hybridized carbons (Fsp3) is 0.455. The van der Waals surface area contributed by atoms with Gasteiger partial charge in [0.05, 0.1) is 18.0 Å². The Kier molecular flexibility index (Phi) is 4.06. The van der Waals surface area contributed by atoms with Crippen molar-refractivity contribution in [2.75, 3.05) is 12.3 Å². The van der Waals surface area contributed by atoms with Crippen LogP contribution in [0.1, 0.15) is 6.23 Å². The number of rotatable bonds is 3. The molecule has 4 atom stereocenters. The molecule has 0 saturated carbocycles. The van der Waals surface area contributed by atoms with E-state index in [9.17, 15) is 10.2 Å². The zero-order valence-corrected chi connectivity index (χ0v) is 13.3. The summed E-state index contributed by atoms with van der Waals surface area (Å²) in [4.78, 5) is 10.7. The Morgan fingerprint density at radius 2 is 2.23 bits per heavy atom. The number of aromatic nitrogens is 3. The highest BCUT2D eigenvalue weighted by molar-refractivity contribution is 14.1. The number of fused-ring (bicyclic) bond motifs is 1. The normalized spacial score (nSPS) is 28.0. The second-order valence-electron chi connectivity index (χ2n) is 4.80. The molecule has 116 valence electrons. The lowest BCUT2D eigenvalue weighted by Crippen LogP contribution is -2.32. The van der Waals surface area contributed by atoms with Crippen LogP contribution in [0.15, 0.2) is 17.6 Å². The molecule has 2 aromatic rings. The maximum atomic E-state index is 10.2. The molecule has 1 aliphatic heterocycles. The van der Waals surface area contributed by atoms with Crippen molar-refractivity contribution < 1.29 is 14.9 Å². The average molecular weight is 417 g/mol. The zero-order valence-electron chi connectivity index (χ0n) is 11.1. The minimum absolute atomic E-state index is 0.0708. The van der Waals surface area contributed by atoms with Gasteiger partial charge in [0.2, 0.25) is 0 Å². The Morgan fingerprint density at radius 1 is 1.45 bits per heavy atom. The van der Waals surface area contributed by atoms with E-state index in [-0.39, 0.29) is 6.54 Å². The molecule has 0 bridgehead atoms. The highest BCUT2D eigenvalue weighted by Gasteiger charge is 2.43. The number of nitrogen functional groups attached to an aromatic ring is 1. The lowest BCUT2D eigenvalue weighted by atomic mass is 10.1. The number of ether oxygens (including phenoxy) is 1. The van der Waals surface area contributed by atoms with Crippen LogP contribution in [-0.4, -0.2) is 49.6 Å². The molecule has 0 radical (unpaired) electrons. The van der Waals surface area contributed by atoms with Crippen molar-refractivity contribution in [3.05, 3.63) is 26.5 Å². The molecule has 1 aliphatic rings. The molecule has 1 saturated heterocycles. The number of hydrogen-bond acceptors (Lipinski definition) is 7. The molecule has 1 unspecified atom stereocenters. The number of aliphatic hydroxyl groups excluding tert-OH is 2. The van der Waals surface area contributed by atoms with Crippen molar-refractivity contribution in [1.82, 2.24) is 14.5 Å². The van der Waals surface area contributed by atoms with Crippen LogP contribution in [0.3, 0.4) is 0 Å². The Bertz CT molecular complexity index is 759. The molecular formula is C11H12IN7O3. The van der Waals surface area contributed by atoms with Crippen LogP contribution in [0.4, 0.5) is 5.82 Å².